The Bertz CT molecular complexity index is 132. The molecule has 0 N–H and O–H groups in total. The van der Waals surface area contributed by atoms with E-state index in [2.05, 4.69) is 20.8 Å². The second-order valence-electron chi connectivity index (χ2n) is 4.68. The molecule has 0 rings (SSSR count). The third-order valence-corrected chi connectivity index (χ3v) is 2.20. The Kier molecular flexibility index (Phi) is 9.57. The normalized spacial score (nSPS) is 12.0. The Morgan fingerprint density at radius 1 is 0.867 bits per heavy atom. The molecule has 0 spiro atoms. The SMILES string of the molecule is CC(C)(C)OCCOCCCCCCCl. The van der Waals surface area contributed by atoms with E-state index in [1.807, 2.05) is 0 Å². The Labute approximate surface area is 99.3 Å². The van der Waals surface area contributed by atoms with Crippen LogP contribution < -0.4 is 0 Å². The molecule has 0 unspecified atom stereocenters. The molecule has 0 radical (unpaired) electrons. The molecule has 0 aliphatic rings. The van der Waals surface area contributed by atoms with Crippen molar-refractivity contribution in [2.75, 3.05) is 25.7 Å². The number of hydrogen-bond donors (Lipinski definition) is 0. The van der Waals surface area contributed by atoms with Crippen LogP contribution in [-0.4, -0.2) is 31.3 Å². The van der Waals surface area contributed by atoms with Gasteiger partial charge in [0, 0.05) is 12.5 Å². The van der Waals surface area contributed by atoms with Gasteiger partial charge in [0.1, 0.15) is 0 Å². The lowest BCUT2D eigenvalue weighted by Gasteiger charge is -2.19. The van der Waals surface area contributed by atoms with Crippen LogP contribution >= 0.6 is 11.6 Å². The first-order valence-electron chi connectivity index (χ1n) is 5.84. The molecular formula is C12H25ClO2. The number of rotatable bonds is 9. The van der Waals surface area contributed by atoms with Gasteiger partial charge < -0.3 is 9.47 Å². The molecule has 3 heteroatoms. The smallest absolute Gasteiger partial charge is 0.0707 e. The van der Waals surface area contributed by atoms with Crippen LogP contribution in [0.2, 0.25) is 0 Å². The fourth-order valence-electron chi connectivity index (χ4n) is 1.16. The minimum Gasteiger partial charge on any atom is -0.379 e. The van der Waals surface area contributed by atoms with E-state index in [1.54, 1.807) is 0 Å². The number of ether oxygens (including phenoxy) is 2. The molecule has 0 aliphatic carbocycles. The van der Waals surface area contributed by atoms with Gasteiger partial charge >= 0.3 is 0 Å². The molecule has 15 heavy (non-hydrogen) atoms. The van der Waals surface area contributed by atoms with Crippen molar-refractivity contribution >= 4 is 11.6 Å². The largest absolute Gasteiger partial charge is 0.379 e. The van der Waals surface area contributed by atoms with Crippen molar-refractivity contribution in [3.63, 3.8) is 0 Å². The fourth-order valence-corrected chi connectivity index (χ4v) is 1.35. The number of halogens is 1. The van der Waals surface area contributed by atoms with Gasteiger partial charge in [0.25, 0.3) is 0 Å². The average molecular weight is 237 g/mol. The summed E-state index contributed by atoms with van der Waals surface area (Å²) in [6.07, 6.45) is 4.68. The number of hydrogen-bond acceptors (Lipinski definition) is 2. The molecule has 0 saturated heterocycles. The molecule has 0 aliphatic heterocycles. The Morgan fingerprint density at radius 2 is 1.53 bits per heavy atom. The first kappa shape index (κ1) is 15.2. The molecule has 2 nitrogen and oxygen atoms in total. The predicted molar refractivity (Wildman–Crippen MR) is 65.7 cm³/mol. The predicted octanol–water partition coefficient (Wildman–Crippen LogP) is 3.62. The molecule has 0 aromatic rings. The summed E-state index contributed by atoms with van der Waals surface area (Å²) in [5.74, 6) is 0.778. The van der Waals surface area contributed by atoms with Crippen LogP contribution in [0.25, 0.3) is 0 Å². The van der Waals surface area contributed by atoms with E-state index in [1.165, 1.54) is 12.8 Å². The maximum atomic E-state index is 5.58. The summed E-state index contributed by atoms with van der Waals surface area (Å²) >= 11 is 5.58. The Hall–Kier alpha value is 0.210. The highest BCUT2D eigenvalue weighted by atomic mass is 35.5. The van der Waals surface area contributed by atoms with Gasteiger partial charge in [-0.1, -0.05) is 12.8 Å². The summed E-state index contributed by atoms with van der Waals surface area (Å²) in [5.41, 5.74) is -0.0519. The number of unbranched alkanes of at least 4 members (excludes halogenated alkanes) is 3. The lowest BCUT2D eigenvalue weighted by atomic mass is 10.2. The quantitative estimate of drug-likeness (QED) is 0.450. The van der Waals surface area contributed by atoms with Crippen LogP contribution in [0.15, 0.2) is 0 Å². The van der Waals surface area contributed by atoms with E-state index in [0.717, 1.165) is 25.3 Å². The van der Waals surface area contributed by atoms with E-state index in [0.29, 0.717) is 13.2 Å². The van der Waals surface area contributed by atoms with Gasteiger partial charge in [0.05, 0.1) is 18.8 Å². The van der Waals surface area contributed by atoms with Crippen molar-refractivity contribution in [3.05, 3.63) is 0 Å². The summed E-state index contributed by atoms with van der Waals surface area (Å²) in [7, 11) is 0. The summed E-state index contributed by atoms with van der Waals surface area (Å²) in [6, 6.07) is 0. The molecule has 0 heterocycles. The van der Waals surface area contributed by atoms with Gasteiger partial charge in [-0.25, -0.2) is 0 Å². The maximum Gasteiger partial charge on any atom is 0.0707 e. The number of alkyl halides is 1. The van der Waals surface area contributed by atoms with Gasteiger partial charge in [0.2, 0.25) is 0 Å². The molecule has 0 amide bonds. The first-order chi connectivity index (χ1) is 7.06. The van der Waals surface area contributed by atoms with E-state index in [-0.39, 0.29) is 5.60 Å². The third-order valence-electron chi connectivity index (χ3n) is 1.94. The second kappa shape index (κ2) is 9.44. The van der Waals surface area contributed by atoms with Crippen molar-refractivity contribution in [1.29, 1.82) is 0 Å². The van der Waals surface area contributed by atoms with Gasteiger partial charge in [-0.2, -0.15) is 0 Å². The minimum absolute atomic E-state index is 0.0519. The zero-order valence-corrected chi connectivity index (χ0v) is 11.1. The van der Waals surface area contributed by atoms with Gasteiger partial charge in [-0.15, -0.1) is 11.6 Å². The van der Waals surface area contributed by atoms with Crippen LogP contribution in [0, 0.1) is 0 Å². The van der Waals surface area contributed by atoms with E-state index in [9.17, 15) is 0 Å². The van der Waals surface area contributed by atoms with Crippen molar-refractivity contribution < 1.29 is 9.47 Å². The highest BCUT2D eigenvalue weighted by molar-refractivity contribution is 6.17. The highest BCUT2D eigenvalue weighted by Gasteiger charge is 2.08. The standard InChI is InChI=1S/C12H25ClO2/c1-12(2,3)15-11-10-14-9-7-5-4-6-8-13/h4-11H2,1-3H3. The van der Waals surface area contributed by atoms with E-state index < -0.39 is 0 Å². The summed E-state index contributed by atoms with van der Waals surface area (Å²) in [4.78, 5) is 0. The van der Waals surface area contributed by atoms with E-state index in [4.69, 9.17) is 21.1 Å². The third kappa shape index (κ3) is 14.2. The Balaban J connectivity index is 2.99. The average Bonchev–Trinajstić information content (AvgIpc) is 2.14. The van der Waals surface area contributed by atoms with Crippen LogP contribution in [0.3, 0.4) is 0 Å². The maximum absolute atomic E-state index is 5.58. The molecule has 92 valence electrons. The Morgan fingerprint density at radius 3 is 2.13 bits per heavy atom. The zero-order valence-electron chi connectivity index (χ0n) is 10.4. The minimum atomic E-state index is -0.0519. The van der Waals surface area contributed by atoms with Crippen molar-refractivity contribution in [1.82, 2.24) is 0 Å². The summed E-state index contributed by atoms with van der Waals surface area (Å²) in [5, 5.41) is 0. The van der Waals surface area contributed by atoms with Crippen molar-refractivity contribution in [2.24, 2.45) is 0 Å². The van der Waals surface area contributed by atoms with Crippen molar-refractivity contribution in [2.45, 2.75) is 52.1 Å². The first-order valence-corrected chi connectivity index (χ1v) is 6.37. The molecular weight excluding hydrogens is 212 g/mol. The zero-order chi connectivity index (χ0) is 11.6. The molecule has 0 aromatic carbocycles. The monoisotopic (exact) mass is 236 g/mol. The summed E-state index contributed by atoms with van der Waals surface area (Å²) in [6.45, 7) is 8.39. The van der Waals surface area contributed by atoms with Crippen molar-refractivity contribution in [3.8, 4) is 0 Å². The summed E-state index contributed by atoms with van der Waals surface area (Å²) < 4.78 is 11.0. The van der Waals surface area contributed by atoms with E-state index >= 15 is 0 Å². The topological polar surface area (TPSA) is 18.5 Å². The van der Waals surface area contributed by atoms with Gasteiger partial charge in [-0.05, 0) is 33.6 Å². The van der Waals surface area contributed by atoms with Crippen LogP contribution in [0.1, 0.15) is 46.5 Å². The second-order valence-corrected chi connectivity index (χ2v) is 5.05. The van der Waals surface area contributed by atoms with Crippen LogP contribution in [-0.2, 0) is 9.47 Å². The van der Waals surface area contributed by atoms with Crippen LogP contribution in [0.5, 0.6) is 0 Å². The van der Waals surface area contributed by atoms with Crippen LogP contribution in [0.4, 0.5) is 0 Å². The fraction of sp³-hybridized carbons (Fsp3) is 1.00. The lowest BCUT2D eigenvalue weighted by Crippen LogP contribution is -2.21. The molecule has 0 aromatic heterocycles. The molecule has 0 atom stereocenters. The molecule has 0 saturated carbocycles. The lowest BCUT2D eigenvalue weighted by molar-refractivity contribution is -0.0351. The van der Waals surface area contributed by atoms with Gasteiger partial charge in [0.15, 0.2) is 0 Å². The highest BCUT2D eigenvalue weighted by Crippen LogP contribution is 2.06. The van der Waals surface area contributed by atoms with Gasteiger partial charge in [-0.3, -0.25) is 0 Å². The molecule has 0 fully saturated rings. The molecule has 0 bridgehead atoms.